The summed E-state index contributed by atoms with van der Waals surface area (Å²) in [5.74, 6) is -2.88. The van der Waals surface area contributed by atoms with Crippen LogP contribution in [0.3, 0.4) is 0 Å². The Morgan fingerprint density at radius 3 is 2.39 bits per heavy atom. The van der Waals surface area contributed by atoms with E-state index in [0.717, 1.165) is 43.6 Å². The van der Waals surface area contributed by atoms with E-state index in [1.807, 2.05) is 12.1 Å². The highest BCUT2D eigenvalue weighted by Crippen LogP contribution is 2.42. The van der Waals surface area contributed by atoms with Gasteiger partial charge in [-0.25, -0.2) is 13.8 Å². The Hall–Kier alpha value is -5.78. The van der Waals surface area contributed by atoms with E-state index < -0.39 is 36.5 Å². The topological polar surface area (TPSA) is 196 Å². The number of halogens is 3. The van der Waals surface area contributed by atoms with Crippen LogP contribution in [0.4, 0.5) is 43.3 Å². The molecule has 348 valence electrons. The summed E-state index contributed by atoms with van der Waals surface area (Å²) in [4.78, 5) is 59.2. The molecule has 16 nitrogen and oxygen atoms in total. The number of rotatable bonds is 15. The molecular weight excluding hydrogens is 935 g/mol. The number of methoxy groups -OCH3 is 1. The first-order valence-electron chi connectivity index (χ1n) is 22.1. The second-order valence-electron chi connectivity index (χ2n) is 17.2. The number of imide groups is 1. The molecule has 3 fully saturated rings. The first-order valence-corrected chi connectivity index (χ1v) is 25.5. The molecule has 2 aromatic heterocycles. The number of aromatic nitrogens is 4. The molecule has 5 aromatic rings. The van der Waals surface area contributed by atoms with E-state index in [9.17, 15) is 18.9 Å². The lowest BCUT2D eigenvalue weighted by atomic mass is 9.89. The van der Waals surface area contributed by atoms with Gasteiger partial charge in [0.2, 0.25) is 23.7 Å². The Morgan fingerprint density at radius 2 is 1.68 bits per heavy atom. The predicted molar refractivity (Wildman–Crippen MR) is 255 cm³/mol. The SMILES string of the molecule is CCc1cc(Nc2ncc(Br)c(Nc3ccc4nccnc4c3P(C)(C)=O)n2)c(OC)cc1N1CCC(NCCNC(=O)[C@@H]2CCN(c3cc(F)c(C4CCC(=O)NC4=O)c(F)c3)C2)CC1. The van der Waals surface area contributed by atoms with Crippen LogP contribution in [-0.2, 0) is 25.4 Å². The summed E-state index contributed by atoms with van der Waals surface area (Å²) >= 11 is 3.57. The molecule has 0 saturated carbocycles. The number of ether oxygens (including phenoxy) is 1. The minimum absolute atomic E-state index is 0.0196. The van der Waals surface area contributed by atoms with Crippen molar-refractivity contribution < 1.29 is 32.5 Å². The monoisotopic (exact) mass is 987 g/mol. The maximum Gasteiger partial charge on any atom is 0.234 e. The molecule has 3 amide bonds. The predicted octanol–water partition coefficient (Wildman–Crippen LogP) is 6.49. The number of aryl methyl sites for hydroxylation is 1. The fraction of sp³-hybridized carbons (Fsp3) is 0.413. The van der Waals surface area contributed by atoms with Crippen molar-refractivity contribution in [2.75, 3.05) is 80.1 Å². The van der Waals surface area contributed by atoms with Gasteiger partial charge in [0.1, 0.15) is 35.9 Å². The second-order valence-corrected chi connectivity index (χ2v) is 21.2. The number of benzene rings is 3. The van der Waals surface area contributed by atoms with Crippen LogP contribution in [-0.4, -0.2) is 103 Å². The van der Waals surface area contributed by atoms with E-state index >= 15 is 8.78 Å². The quantitative estimate of drug-likeness (QED) is 0.0434. The molecular formula is C46H53BrF2N11O5P. The van der Waals surface area contributed by atoms with Gasteiger partial charge < -0.3 is 40.4 Å². The standard InChI is InChI=1S/C46H53BrF2N11O5P/c1-5-26-20-36(56-46-54-24-31(47)43(58-46)55-35-8-7-34-41(52-15-14-51-34)42(35)66(3,4)64)38(65-2)23-37(26)59-18-11-28(12-19-59)50-13-16-53-44(62)27-10-17-60(25-27)29-21-32(48)40(33(49)22-29)30-6-9-39(61)57-45(30)63/h7-8,14-15,20-24,27-28,30,50H,5-6,9-13,16-19,25H2,1-4H3,(H,53,62)(H,57,61,63)(H2,54,55,56,58)/t27-,30?/m1/s1. The maximum atomic E-state index is 15.2. The molecule has 66 heavy (non-hydrogen) atoms. The number of hydrogen-bond donors (Lipinski definition) is 5. The van der Waals surface area contributed by atoms with Gasteiger partial charge in [-0.2, -0.15) is 4.98 Å². The molecule has 20 heteroatoms. The number of fused-ring (bicyclic) bond motifs is 1. The summed E-state index contributed by atoms with van der Waals surface area (Å²) in [7, 11) is -1.16. The summed E-state index contributed by atoms with van der Waals surface area (Å²) in [6.07, 6.45) is 8.06. The van der Waals surface area contributed by atoms with Gasteiger partial charge in [0.15, 0.2) is 0 Å². The lowest BCUT2D eigenvalue weighted by molar-refractivity contribution is -0.134. The minimum Gasteiger partial charge on any atom is -0.494 e. The van der Waals surface area contributed by atoms with Crippen molar-refractivity contribution in [2.24, 2.45) is 5.92 Å². The number of hydrogen-bond acceptors (Lipinski definition) is 14. The normalized spacial score (nSPS) is 18.1. The summed E-state index contributed by atoms with van der Waals surface area (Å²) in [5.41, 5.74) is 4.78. The zero-order chi connectivity index (χ0) is 46.7. The molecule has 3 aliphatic rings. The smallest absolute Gasteiger partial charge is 0.234 e. The number of piperidine rings is 2. The highest BCUT2D eigenvalue weighted by atomic mass is 79.9. The maximum absolute atomic E-state index is 15.2. The Labute approximate surface area is 390 Å². The molecule has 1 unspecified atom stereocenters. The molecule has 0 bridgehead atoms. The van der Waals surface area contributed by atoms with Crippen molar-refractivity contribution in [1.82, 2.24) is 35.9 Å². The van der Waals surface area contributed by atoms with E-state index in [0.29, 0.717) is 88.0 Å². The summed E-state index contributed by atoms with van der Waals surface area (Å²) < 4.78 is 50.4. The molecule has 5 N–H and O–H groups in total. The average Bonchev–Trinajstić information content (AvgIpc) is 3.80. The van der Waals surface area contributed by atoms with Crippen molar-refractivity contribution in [3.05, 3.63) is 82.2 Å². The van der Waals surface area contributed by atoms with Crippen LogP contribution < -0.4 is 46.4 Å². The van der Waals surface area contributed by atoms with E-state index in [4.69, 9.17) is 9.72 Å². The Morgan fingerprint density at radius 1 is 0.939 bits per heavy atom. The number of nitrogens with zero attached hydrogens (tertiary/aromatic N) is 6. The van der Waals surface area contributed by atoms with Gasteiger partial charge in [-0.15, -0.1) is 0 Å². The molecule has 3 saturated heterocycles. The molecule has 8 rings (SSSR count). The van der Waals surface area contributed by atoms with E-state index in [-0.39, 0.29) is 36.3 Å². The van der Waals surface area contributed by atoms with Gasteiger partial charge in [-0.1, -0.05) is 6.92 Å². The van der Waals surface area contributed by atoms with Gasteiger partial charge in [0.05, 0.1) is 45.6 Å². The van der Waals surface area contributed by atoms with Gasteiger partial charge in [0.25, 0.3) is 0 Å². The molecule has 2 atom stereocenters. The van der Waals surface area contributed by atoms with Crippen LogP contribution in [0, 0.1) is 17.6 Å². The zero-order valence-corrected chi connectivity index (χ0v) is 39.7. The highest BCUT2D eigenvalue weighted by molar-refractivity contribution is 9.10. The fourth-order valence-corrected chi connectivity index (χ4v) is 10.8. The zero-order valence-electron chi connectivity index (χ0n) is 37.2. The van der Waals surface area contributed by atoms with E-state index in [1.165, 1.54) is 12.1 Å². The number of carbonyl (C=O) groups excluding carboxylic acids is 3. The first-order chi connectivity index (χ1) is 31.7. The number of nitrogens with one attached hydrogen (secondary N) is 5. The van der Waals surface area contributed by atoms with Crippen LogP contribution in [0.25, 0.3) is 11.0 Å². The Bertz CT molecular complexity index is 2690. The summed E-state index contributed by atoms with van der Waals surface area (Å²) in [6.45, 7) is 9.02. The van der Waals surface area contributed by atoms with E-state index in [2.05, 4.69) is 81.4 Å². The van der Waals surface area contributed by atoms with Crippen LogP contribution in [0.5, 0.6) is 5.75 Å². The molecule has 0 radical (unpaired) electrons. The number of anilines is 6. The minimum atomic E-state index is -2.80. The van der Waals surface area contributed by atoms with Crippen LogP contribution in [0.2, 0.25) is 0 Å². The average molecular weight is 989 g/mol. The second kappa shape index (κ2) is 20.0. The third-order valence-corrected chi connectivity index (χ3v) is 14.6. The fourth-order valence-electron chi connectivity index (χ4n) is 9.08. The van der Waals surface area contributed by atoms with Gasteiger partial charge in [-0.05, 0) is 97.3 Å². The Balaban J connectivity index is 0.827. The van der Waals surface area contributed by atoms with Crippen LogP contribution in [0.15, 0.2) is 59.5 Å². The van der Waals surface area contributed by atoms with Gasteiger partial charge in [-0.3, -0.25) is 29.7 Å². The highest BCUT2D eigenvalue weighted by Gasteiger charge is 2.35. The van der Waals surface area contributed by atoms with Crippen molar-refractivity contribution in [3.8, 4) is 5.75 Å². The van der Waals surface area contributed by atoms with Crippen LogP contribution >= 0.6 is 23.1 Å². The molecule has 0 spiro atoms. The van der Waals surface area contributed by atoms with Gasteiger partial charge in [0, 0.05) is 93.3 Å². The molecule has 3 aliphatic heterocycles. The molecule has 5 heterocycles. The largest absolute Gasteiger partial charge is 0.494 e. The van der Waals surface area contributed by atoms with E-state index in [1.54, 1.807) is 43.9 Å². The number of amides is 3. The summed E-state index contributed by atoms with van der Waals surface area (Å²) in [6, 6.07) is 10.5. The third-order valence-electron chi connectivity index (χ3n) is 12.4. The Kier molecular flexibility index (Phi) is 14.2. The van der Waals surface area contributed by atoms with Crippen molar-refractivity contribution >= 4 is 91.6 Å². The third kappa shape index (κ3) is 10.3. The first kappa shape index (κ1) is 46.7. The van der Waals surface area contributed by atoms with Crippen molar-refractivity contribution in [2.45, 2.75) is 57.4 Å². The van der Waals surface area contributed by atoms with Crippen molar-refractivity contribution in [3.63, 3.8) is 0 Å². The lowest BCUT2D eigenvalue weighted by Crippen LogP contribution is -2.45. The van der Waals surface area contributed by atoms with Crippen molar-refractivity contribution in [1.29, 1.82) is 0 Å². The lowest BCUT2D eigenvalue weighted by Gasteiger charge is -2.35. The van der Waals surface area contributed by atoms with Crippen LogP contribution in [0.1, 0.15) is 56.1 Å². The summed E-state index contributed by atoms with van der Waals surface area (Å²) in [5, 5.41) is 16.1. The molecule has 0 aliphatic carbocycles. The molecule has 3 aromatic carbocycles. The van der Waals surface area contributed by atoms with Gasteiger partial charge >= 0.3 is 0 Å². The number of carbonyl (C=O) groups is 3.